The van der Waals surface area contributed by atoms with Gasteiger partial charge in [0.05, 0.1) is 0 Å². The van der Waals surface area contributed by atoms with Gasteiger partial charge in [0.25, 0.3) is 5.89 Å². The first-order valence-corrected chi connectivity index (χ1v) is 8.92. The topological polar surface area (TPSA) is 68.5 Å². The molecule has 0 spiro atoms. The van der Waals surface area contributed by atoms with Crippen LogP contribution >= 0.6 is 11.6 Å². The number of anilines is 1. The van der Waals surface area contributed by atoms with Crippen LogP contribution in [0.2, 0.25) is 5.02 Å². The summed E-state index contributed by atoms with van der Waals surface area (Å²) in [6.45, 7) is 0.387. The van der Waals surface area contributed by atoms with Gasteiger partial charge >= 0.3 is 6.36 Å². The maximum atomic E-state index is 12.4. The summed E-state index contributed by atoms with van der Waals surface area (Å²) < 4.78 is 45.8. The van der Waals surface area contributed by atoms with Crippen LogP contribution < -0.4 is 9.64 Å². The summed E-state index contributed by atoms with van der Waals surface area (Å²) in [6.07, 6.45) is -4.54. The number of rotatable bonds is 4. The fraction of sp³-hybridized carbons (Fsp3) is 0.211. The minimum atomic E-state index is -4.76. The van der Waals surface area contributed by atoms with Gasteiger partial charge in [-0.05, 0) is 48.5 Å². The van der Waals surface area contributed by atoms with E-state index in [1.807, 2.05) is 0 Å². The van der Waals surface area contributed by atoms with Crippen molar-refractivity contribution >= 4 is 23.2 Å². The lowest BCUT2D eigenvalue weighted by Gasteiger charge is -2.16. The van der Waals surface area contributed by atoms with Crippen molar-refractivity contribution in [3.05, 3.63) is 59.4 Å². The molecule has 0 N–H and O–H groups in total. The van der Waals surface area contributed by atoms with Gasteiger partial charge in [-0.15, -0.1) is 13.2 Å². The van der Waals surface area contributed by atoms with E-state index in [1.54, 1.807) is 29.2 Å². The van der Waals surface area contributed by atoms with Crippen LogP contribution in [0.25, 0.3) is 11.5 Å². The van der Waals surface area contributed by atoms with Crippen molar-refractivity contribution < 1.29 is 27.2 Å². The average molecular weight is 424 g/mol. The van der Waals surface area contributed by atoms with Gasteiger partial charge in [0.15, 0.2) is 5.82 Å². The number of ether oxygens (including phenoxy) is 1. The van der Waals surface area contributed by atoms with Gasteiger partial charge in [-0.25, -0.2) is 0 Å². The standard InChI is InChI=1S/C19H13ClF3N3O3/c20-13-3-5-14(6-4-13)26-10-12(9-16(26)27)17-24-18(29-25-17)11-1-7-15(8-2-11)28-19(21,22)23/h1-8,12H,9-10H2. The summed E-state index contributed by atoms with van der Waals surface area (Å²) in [6, 6.07) is 12.0. The first kappa shape index (κ1) is 19.3. The van der Waals surface area contributed by atoms with Gasteiger partial charge in [-0.3, -0.25) is 4.79 Å². The highest BCUT2D eigenvalue weighted by atomic mass is 35.5. The Morgan fingerprint density at radius 3 is 2.45 bits per heavy atom. The molecule has 1 saturated heterocycles. The first-order valence-electron chi connectivity index (χ1n) is 8.54. The van der Waals surface area contributed by atoms with Crippen LogP contribution in [-0.4, -0.2) is 29.0 Å². The molecule has 3 aromatic rings. The predicted octanol–water partition coefficient (Wildman–Crippen LogP) is 4.81. The Labute approximate surface area is 167 Å². The second kappa shape index (κ2) is 7.40. The largest absolute Gasteiger partial charge is 0.573 e. The molecule has 1 fully saturated rings. The molecule has 29 heavy (non-hydrogen) atoms. The van der Waals surface area contributed by atoms with Crippen molar-refractivity contribution in [2.24, 2.45) is 0 Å². The van der Waals surface area contributed by atoms with E-state index in [9.17, 15) is 18.0 Å². The Bertz CT molecular complexity index is 1020. The van der Waals surface area contributed by atoms with Crippen LogP contribution in [0.1, 0.15) is 18.2 Å². The average Bonchev–Trinajstić information content (AvgIpc) is 3.29. The second-order valence-electron chi connectivity index (χ2n) is 6.41. The van der Waals surface area contributed by atoms with Gasteiger partial charge < -0.3 is 14.2 Å². The Morgan fingerprint density at radius 2 is 1.79 bits per heavy atom. The van der Waals surface area contributed by atoms with Crippen molar-refractivity contribution in [1.82, 2.24) is 10.1 Å². The summed E-state index contributed by atoms with van der Waals surface area (Å²) in [5.41, 5.74) is 1.17. The summed E-state index contributed by atoms with van der Waals surface area (Å²) in [5, 5.41) is 4.51. The van der Waals surface area contributed by atoms with Crippen molar-refractivity contribution in [1.29, 1.82) is 0 Å². The van der Waals surface area contributed by atoms with Crippen molar-refractivity contribution in [3.63, 3.8) is 0 Å². The Morgan fingerprint density at radius 1 is 1.10 bits per heavy atom. The molecule has 1 unspecified atom stereocenters. The second-order valence-corrected chi connectivity index (χ2v) is 6.85. The highest BCUT2D eigenvalue weighted by Crippen LogP contribution is 2.32. The molecule has 1 aromatic heterocycles. The van der Waals surface area contributed by atoms with Crippen LogP contribution in [0.3, 0.4) is 0 Å². The van der Waals surface area contributed by atoms with Crippen molar-refractivity contribution in [2.45, 2.75) is 18.7 Å². The van der Waals surface area contributed by atoms with E-state index in [0.717, 1.165) is 17.8 Å². The van der Waals surface area contributed by atoms with Crippen molar-refractivity contribution in [3.8, 4) is 17.2 Å². The van der Waals surface area contributed by atoms with Gasteiger partial charge in [-0.2, -0.15) is 4.98 Å². The lowest BCUT2D eigenvalue weighted by molar-refractivity contribution is -0.274. The summed E-state index contributed by atoms with van der Waals surface area (Å²) in [5.74, 6) is -0.168. The molecule has 2 aromatic carbocycles. The molecule has 0 bridgehead atoms. The number of nitrogens with zero attached hydrogens (tertiary/aromatic N) is 3. The lowest BCUT2D eigenvalue weighted by atomic mass is 10.1. The number of halogens is 4. The maximum Gasteiger partial charge on any atom is 0.573 e. The molecular formula is C19H13ClF3N3O3. The van der Waals surface area contributed by atoms with E-state index >= 15 is 0 Å². The Kier molecular flexibility index (Phi) is 4.91. The normalized spacial score (nSPS) is 17.0. The molecule has 1 amide bonds. The van der Waals surface area contributed by atoms with E-state index in [2.05, 4.69) is 14.9 Å². The number of amides is 1. The smallest absolute Gasteiger partial charge is 0.406 e. The molecule has 1 aliphatic rings. The number of hydrogen-bond donors (Lipinski definition) is 0. The zero-order valence-electron chi connectivity index (χ0n) is 14.7. The minimum Gasteiger partial charge on any atom is -0.406 e. The maximum absolute atomic E-state index is 12.4. The molecule has 10 heteroatoms. The Hall–Kier alpha value is -3.07. The molecule has 1 aliphatic heterocycles. The monoisotopic (exact) mass is 423 g/mol. The number of carbonyl (C=O) groups is 1. The highest BCUT2D eigenvalue weighted by Gasteiger charge is 2.35. The molecule has 150 valence electrons. The highest BCUT2D eigenvalue weighted by molar-refractivity contribution is 6.30. The van der Waals surface area contributed by atoms with E-state index in [1.165, 1.54) is 12.1 Å². The molecule has 2 heterocycles. The van der Waals surface area contributed by atoms with Crippen LogP contribution in [0.15, 0.2) is 53.1 Å². The summed E-state index contributed by atoms with van der Waals surface area (Å²) >= 11 is 5.88. The third-order valence-electron chi connectivity index (χ3n) is 4.41. The van der Waals surface area contributed by atoms with E-state index < -0.39 is 6.36 Å². The fourth-order valence-corrected chi connectivity index (χ4v) is 3.19. The molecular weight excluding hydrogens is 411 g/mol. The SMILES string of the molecule is O=C1CC(c2noc(-c3ccc(OC(F)(F)F)cc3)n2)CN1c1ccc(Cl)cc1. The quantitative estimate of drug-likeness (QED) is 0.602. The number of aromatic nitrogens is 2. The first-order chi connectivity index (χ1) is 13.8. The summed E-state index contributed by atoms with van der Waals surface area (Å²) in [7, 11) is 0. The fourth-order valence-electron chi connectivity index (χ4n) is 3.07. The van der Waals surface area contributed by atoms with Gasteiger partial charge in [-0.1, -0.05) is 16.8 Å². The Balaban J connectivity index is 1.48. The number of benzene rings is 2. The lowest BCUT2D eigenvalue weighted by Crippen LogP contribution is -2.24. The zero-order valence-corrected chi connectivity index (χ0v) is 15.4. The third-order valence-corrected chi connectivity index (χ3v) is 4.66. The zero-order chi connectivity index (χ0) is 20.6. The molecule has 0 aliphatic carbocycles. The summed E-state index contributed by atoms with van der Waals surface area (Å²) in [4.78, 5) is 18.3. The predicted molar refractivity (Wildman–Crippen MR) is 97.6 cm³/mol. The third kappa shape index (κ3) is 4.34. The molecule has 0 radical (unpaired) electrons. The molecule has 0 saturated carbocycles. The number of alkyl halides is 3. The molecule has 1 atom stereocenters. The number of carbonyl (C=O) groups excluding carboxylic acids is 1. The van der Waals surface area contributed by atoms with Crippen LogP contribution in [0.5, 0.6) is 5.75 Å². The van der Waals surface area contributed by atoms with E-state index in [4.69, 9.17) is 16.1 Å². The van der Waals surface area contributed by atoms with Crippen LogP contribution in [-0.2, 0) is 4.79 Å². The number of hydrogen-bond acceptors (Lipinski definition) is 5. The van der Waals surface area contributed by atoms with Gasteiger partial charge in [0.2, 0.25) is 5.91 Å². The van der Waals surface area contributed by atoms with Gasteiger partial charge in [0, 0.05) is 35.2 Å². The van der Waals surface area contributed by atoms with Crippen LogP contribution in [0.4, 0.5) is 18.9 Å². The minimum absolute atomic E-state index is 0.0719. The van der Waals surface area contributed by atoms with Crippen molar-refractivity contribution in [2.75, 3.05) is 11.4 Å². The van der Waals surface area contributed by atoms with E-state index in [0.29, 0.717) is 23.0 Å². The van der Waals surface area contributed by atoms with E-state index in [-0.39, 0.29) is 29.9 Å². The molecule has 6 nitrogen and oxygen atoms in total. The molecule has 4 rings (SSSR count). The van der Waals surface area contributed by atoms with Crippen LogP contribution in [0, 0.1) is 0 Å². The van der Waals surface area contributed by atoms with Gasteiger partial charge in [0.1, 0.15) is 5.75 Å².